The molecule has 0 unspecified atom stereocenters. The Balaban J connectivity index is 1.38. The molecule has 1 aliphatic heterocycles. The van der Waals surface area contributed by atoms with Gasteiger partial charge in [0.15, 0.2) is 0 Å². The van der Waals surface area contributed by atoms with Crippen LogP contribution in [0.5, 0.6) is 0 Å². The van der Waals surface area contributed by atoms with E-state index in [1.54, 1.807) is 0 Å². The smallest absolute Gasteiger partial charge is 0.0754 e. The van der Waals surface area contributed by atoms with Gasteiger partial charge < -0.3 is 4.90 Å². The number of hydrogen-bond donors (Lipinski definition) is 0. The highest BCUT2D eigenvalue weighted by Crippen LogP contribution is 2.63. The molecule has 0 radical (unpaired) electrons. The van der Waals surface area contributed by atoms with Crippen molar-refractivity contribution in [3.8, 4) is 11.1 Å². The summed E-state index contributed by atoms with van der Waals surface area (Å²) in [4.78, 5) is 7.25. The van der Waals surface area contributed by atoms with E-state index in [0.29, 0.717) is 6.54 Å². The Morgan fingerprint density at radius 3 is 1.78 bits per heavy atom. The van der Waals surface area contributed by atoms with Crippen LogP contribution in [-0.2, 0) is 12.0 Å². The lowest BCUT2D eigenvalue weighted by Gasteiger charge is -2.45. The van der Waals surface area contributed by atoms with E-state index in [9.17, 15) is 0 Å². The van der Waals surface area contributed by atoms with Gasteiger partial charge in [0.25, 0.3) is 0 Å². The summed E-state index contributed by atoms with van der Waals surface area (Å²) in [6, 6.07) is 54.8. The second kappa shape index (κ2) is 9.46. The summed E-state index contributed by atoms with van der Waals surface area (Å²) in [7, 11) is 0. The fraction of sp³-hybridized carbons (Fsp3) is 0.0513. The average molecular weight is 525 g/mol. The number of hydrogen-bond acceptors (Lipinski definition) is 2. The van der Waals surface area contributed by atoms with E-state index in [4.69, 9.17) is 4.99 Å². The topological polar surface area (TPSA) is 15.6 Å². The average Bonchev–Trinajstić information content (AvgIpc) is 3.33. The van der Waals surface area contributed by atoms with Crippen molar-refractivity contribution >= 4 is 23.3 Å². The van der Waals surface area contributed by atoms with Crippen LogP contribution in [-0.4, -0.2) is 6.21 Å². The van der Waals surface area contributed by atoms with Crippen molar-refractivity contribution in [1.82, 2.24) is 0 Å². The van der Waals surface area contributed by atoms with Gasteiger partial charge in [0, 0.05) is 11.9 Å². The maximum atomic E-state index is 4.83. The molecule has 1 aliphatic carbocycles. The summed E-state index contributed by atoms with van der Waals surface area (Å²) in [5.41, 5.74) is 13.4. The maximum absolute atomic E-state index is 4.83. The molecular formula is C39H28N2. The predicted molar refractivity (Wildman–Crippen MR) is 170 cm³/mol. The first kappa shape index (κ1) is 23.7. The lowest BCUT2D eigenvalue weighted by molar-refractivity contribution is 0.751. The van der Waals surface area contributed by atoms with Gasteiger partial charge in [0.1, 0.15) is 0 Å². The lowest BCUT2D eigenvalue weighted by atomic mass is 9.64. The molecule has 0 atom stereocenters. The fourth-order valence-electron chi connectivity index (χ4n) is 6.90. The zero-order valence-electron chi connectivity index (χ0n) is 22.6. The van der Waals surface area contributed by atoms with E-state index in [0.717, 1.165) is 11.3 Å². The Morgan fingerprint density at radius 2 is 1.07 bits per heavy atom. The molecule has 1 heterocycles. The van der Waals surface area contributed by atoms with Gasteiger partial charge in [-0.25, -0.2) is 0 Å². The van der Waals surface area contributed by atoms with Crippen molar-refractivity contribution in [2.45, 2.75) is 12.0 Å². The van der Waals surface area contributed by atoms with Gasteiger partial charge in [-0.05, 0) is 68.8 Å². The molecule has 2 heteroatoms. The maximum Gasteiger partial charge on any atom is 0.0754 e. The Morgan fingerprint density at radius 1 is 0.512 bits per heavy atom. The number of nitrogens with zero attached hydrogens (tertiary/aromatic N) is 2. The predicted octanol–water partition coefficient (Wildman–Crippen LogP) is 9.45. The molecule has 8 rings (SSSR count). The fourth-order valence-corrected chi connectivity index (χ4v) is 6.90. The highest BCUT2D eigenvalue weighted by molar-refractivity contribution is 5.95. The van der Waals surface area contributed by atoms with Crippen molar-refractivity contribution in [1.29, 1.82) is 0 Å². The molecule has 0 bridgehead atoms. The van der Waals surface area contributed by atoms with Crippen LogP contribution in [0.15, 0.2) is 157 Å². The summed E-state index contributed by atoms with van der Waals surface area (Å²) in [5, 5.41) is 0. The molecule has 6 aromatic rings. The second-order valence-electron chi connectivity index (χ2n) is 10.8. The first-order valence-corrected chi connectivity index (χ1v) is 14.2. The molecule has 194 valence electrons. The van der Waals surface area contributed by atoms with Crippen LogP contribution in [0.1, 0.15) is 33.4 Å². The van der Waals surface area contributed by atoms with Crippen LogP contribution in [0.2, 0.25) is 0 Å². The minimum Gasteiger partial charge on any atom is -0.310 e. The third-order valence-electron chi connectivity index (χ3n) is 8.54. The van der Waals surface area contributed by atoms with E-state index in [2.05, 4.69) is 150 Å². The van der Waals surface area contributed by atoms with Crippen LogP contribution in [0.25, 0.3) is 11.1 Å². The molecule has 0 N–H and O–H groups in total. The lowest BCUT2D eigenvalue weighted by Crippen LogP contribution is -2.36. The zero-order chi connectivity index (χ0) is 27.2. The monoisotopic (exact) mass is 524 g/mol. The van der Waals surface area contributed by atoms with Gasteiger partial charge in [-0.15, -0.1) is 0 Å². The summed E-state index contributed by atoms with van der Waals surface area (Å²) in [6.45, 7) is 0.633. The largest absolute Gasteiger partial charge is 0.310 e. The first-order valence-electron chi connectivity index (χ1n) is 14.2. The van der Waals surface area contributed by atoms with Crippen LogP contribution in [0.4, 0.5) is 17.1 Å². The zero-order valence-corrected chi connectivity index (χ0v) is 22.6. The van der Waals surface area contributed by atoms with E-state index < -0.39 is 5.41 Å². The van der Waals surface area contributed by atoms with Gasteiger partial charge in [-0.3, -0.25) is 4.99 Å². The summed E-state index contributed by atoms with van der Waals surface area (Å²) >= 11 is 0. The Bertz CT molecular complexity index is 1870. The van der Waals surface area contributed by atoms with Crippen LogP contribution in [0, 0.1) is 0 Å². The van der Waals surface area contributed by atoms with Crippen molar-refractivity contribution in [3.05, 3.63) is 185 Å². The van der Waals surface area contributed by atoms with Gasteiger partial charge in [0.05, 0.1) is 23.3 Å². The minimum atomic E-state index is -0.427. The minimum absolute atomic E-state index is 0.427. The standard InChI is InChI=1S/C39H28N2/c1-3-13-28(14-4-1)26-40-27-29-23-24-32-31-17-7-8-18-33(31)39(36(32)25-29)34-19-9-11-21-37(34)41(30-15-5-2-6-16-30)38-22-12-10-20-35(38)39/h1-26H,27H2. The van der Waals surface area contributed by atoms with Crippen molar-refractivity contribution < 1.29 is 0 Å². The molecule has 0 saturated heterocycles. The molecule has 0 amide bonds. The SMILES string of the molecule is C(=NCc1ccc2c(c1)C1(c3ccccc3-2)c2ccccc2N(c2ccccc2)c2ccccc21)c1ccccc1. The normalized spacial score (nSPS) is 14.0. The Labute approximate surface area is 240 Å². The second-order valence-corrected chi connectivity index (χ2v) is 10.8. The Hall–Kier alpha value is -5.21. The molecule has 2 nitrogen and oxygen atoms in total. The van der Waals surface area contributed by atoms with Crippen molar-refractivity contribution in [3.63, 3.8) is 0 Å². The van der Waals surface area contributed by atoms with E-state index in [1.165, 1.54) is 50.3 Å². The molecule has 1 spiro atoms. The number of aliphatic imine (C=N–C) groups is 1. The summed E-state index contributed by atoms with van der Waals surface area (Å²) < 4.78 is 0. The van der Waals surface area contributed by atoms with E-state index in [-0.39, 0.29) is 0 Å². The molecule has 41 heavy (non-hydrogen) atoms. The number of fused-ring (bicyclic) bond motifs is 9. The first-order chi connectivity index (χ1) is 20.4. The van der Waals surface area contributed by atoms with Crippen LogP contribution in [0.3, 0.4) is 0 Å². The third kappa shape index (κ3) is 3.54. The number of benzene rings is 6. The Kier molecular flexibility index (Phi) is 5.46. The van der Waals surface area contributed by atoms with Gasteiger partial charge in [-0.2, -0.15) is 0 Å². The van der Waals surface area contributed by atoms with Crippen molar-refractivity contribution in [2.24, 2.45) is 4.99 Å². The van der Waals surface area contributed by atoms with Gasteiger partial charge in [-0.1, -0.05) is 127 Å². The molecule has 0 fully saturated rings. The number of anilines is 3. The molecule has 2 aliphatic rings. The highest BCUT2D eigenvalue weighted by Gasteiger charge is 2.51. The van der Waals surface area contributed by atoms with Gasteiger partial charge >= 0.3 is 0 Å². The van der Waals surface area contributed by atoms with Crippen LogP contribution >= 0.6 is 0 Å². The highest BCUT2D eigenvalue weighted by atomic mass is 15.2. The number of para-hydroxylation sites is 3. The van der Waals surface area contributed by atoms with Crippen molar-refractivity contribution in [2.75, 3.05) is 4.90 Å². The summed E-state index contributed by atoms with van der Waals surface area (Å²) in [6.07, 6.45) is 1.97. The third-order valence-corrected chi connectivity index (χ3v) is 8.54. The van der Waals surface area contributed by atoms with Crippen LogP contribution < -0.4 is 4.90 Å². The molecule has 0 aromatic heterocycles. The molecular weight excluding hydrogens is 496 g/mol. The number of rotatable bonds is 4. The quantitative estimate of drug-likeness (QED) is 0.209. The van der Waals surface area contributed by atoms with E-state index >= 15 is 0 Å². The van der Waals surface area contributed by atoms with Gasteiger partial charge in [0.2, 0.25) is 0 Å². The summed E-state index contributed by atoms with van der Waals surface area (Å²) in [5.74, 6) is 0. The molecule has 0 saturated carbocycles. The molecule has 6 aromatic carbocycles. The van der Waals surface area contributed by atoms with E-state index in [1.807, 2.05) is 12.3 Å².